The molecule has 0 bridgehead atoms. The van der Waals surface area contributed by atoms with E-state index in [-0.39, 0.29) is 19.1 Å². The zero-order valence-electron chi connectivity index (χ0n) is 12.5. The van der Waals surface area contributed by atoms with E-state index in [9.17, 15) is 9.90 Å². The highest BCUT2D eigenvalue weighted by atomic mass is 35.5. The van der Waals surface area contributed by atoms with Crippen LogP contribution < -0.4 is 0 Å². The number of likely N-dealkylation sites (N-methyl/N-ethyl adjacent to an activating group) is 1. The van der Waals surface area contributed by atoms with Gasteiger partial charge in [0.2, 0.25) is 5.91 Å². The molecule has 0 spiro atoms. The van der Waals surface area contributed by atoms with Crippen LogP contribution in [0.2, 0.25) is 5.02 Å². The summed E-state index contributed by atoms with van der Waals surface area (Å²) in [5, 5.41) is 11.3. The van der Waals surface area contributed by atoms with E-state index in [1.807, 2.05) is 24.3 Å². The number of rotatable bonds is 6. The maximum atomic E-state index is 12.0. The summed E-state index contributed by atoms with van der Waals surface area (Å²) >= 11 is 7.86. The largest absolute Gasteiger partial charge is 0.389 e. The Kier molecular flexibility index (Phi) is 5.97. The normalized spacial score (nSPS) is 12.9. The summed E-state index contributed by atoms with van der Waals surface area (Å²) < 4.78 is 5.93. The maximum Gasteiger partial charge on any atom is 0.246 e. The number of fused-ring (bicyclic) bond motifs is 1. The van der Waals surface area contributed by atoms with Crippen LogP contribution in [0.1, 0.15) is 4.88 Å². The minimum absolute atomic E-state index is 0.191. The van der Waals surface area contributed by atoms with Crippen LogP contribution in [0, 0.1) is 0 Å². The molecule has 0 radical (unpaired) electrons. The van der Waals surface area contributed by atoms with Crippen molar-refractivity contribution in [1.29, 1.82) is 0 Å². The Labute approximate surface area is 138 Å². The molecule has 1 atom stereocenters. The predicted octanol–water partition coefficient (Wildman–Crippen LogP) is 3.03. The number of carbonyl (C=O) groups is 1. The van der Waals surface area contributed by atoms with Gasteiger partial charge in [0.25, 0.3) is 0 Å². The smallest absolute Gasteiger partial charge is 0.246 e. The minimum Gasteiger partial charge on any atom is -0.389 e. The molecule has 0 fully saturated rings. The standard InChI is InChI=1S/C16H18ClNO3S/c1-18(9-11(19)10-21-2)15(20)8-7-14-16(17)12-5-3-4-6-13(12)22-14/h3-8,11,19H,9-10H2,1-2H3. The van der Waals surface area contributed by atoms with E-state index in [1.165, 1.54) is 18.1 Å². The lowest BCUT2D eigenvalue weighted by Gasteiger charge is -2.18. The number of aliphatic hydroxyl groups excluding tert-OH is 1. The number of ether oxygens (including phenoxy) is 1. The van der Waals surface area contributed by atoms with Crippen molar-refractivity contribution in [1.82, 2.24) is 4.90 Å². The van der Waals surface area contributed by atoms with Gasteiger partial charge in [0.1, 0.15) is 0 Å². The summed E-state index contributed by atoms with van der Waals surface area (Å²) in [6.45, 7) is 0.417. The van der Waals surface area contributed by atoms with Crippen molar-refractivity contribution in [3.8, 4) is 0 Å². The van der Waals surface area contributed by atoms with Crippen LogP contribution >= 0.6 is 22.9 Å². The molecule has 0 aliphatic rings. The van der Waals surface area contributed by atoms with Gasteiger partial charge in [-0.3, -0.25) is 4.79 Å². The zero-order valence-corrected chi connectivity index (χ0v) is 14.0. The van der Waals surface area contributed by atoms with Crippen LogP contribution in [0.5, 0.6) is 0 Å². The van der Waals surface area contributed by atoms with Crippen LogP contribution in [0.25, 0.3) is 16.2 Å². The summed E-state index contributed by atoms with van der Waals surface area (Å²) in [6, 6.07) is 7.85. The van der Waals surface area contributed by atoms with Gasteiger partial charge in [-0.1, -0.05) is 29.8 Å². The monoisotopic (exact) mass is 339 g/mol. The summed E-state index contributed by atoms with van der Waals surface area (Å²) in [5.41, 5.74) is 0. The van der Waals surface area contributed by atoms with Gasteiger partial charge in [-0.25, -0.2) is 0 Å². The first-order chi connectivity index (χ1) is 10.5. The number of amides is 1. The predicted molar refractivity (Wildman–Crippen MR) is 91.4 cm³/mol. The van der Waals surface area contributed by atoms with E-state index in [0.29, 0.717) is 5.02 Å². The molecule has 0 saturated heterocycles. The summed E-state index contributed by atoms with van der Waals surface area (Å²) in [5.74, 6) is -0.191. The van der Waals surface area contributed by atoms with Crippen molar-refractivity contribution in [3.05, 3.63) is 40.2 Å². The third-order valence-electron chi connectivity index (χ3n) is 3.16. The van der Waals surface area contributed by atoms with Crippen molar-refractivity contribution in [2.45, 2.75) is 6.10 Å². The molecule has 2 aromatic rings. The molecule has 2 rings (SSSR count). The van der Waals surface area contributed by atoms with Crippen LogP contribution in [0.4, 0.5) is 0 Å². The number of hydrogen-bond acceptors (Lipinski definition) is 4. The molecule has 0 saturated carbocycles. The van der Waals surface area contributed by atoms with E-state index >= 15 is 0 Å². The lowest BCUT2D eigenvalue weighted by molar-refractivity contribution is -0.126. The average molecular weight is 340 g/mol. The Hall–Kier alpha value is -1.40. The molecular weight excluding hydrogens is 322 g/mol. The van der Waals surface area contributed by atoms with Crippen LogP contribution in [0.3, 0.4) is 0 Å². The number of nitrogens with zero attached hydrogens (tertiary/aromatic N) is 1. The third kappa shape index (κ3) is 4.08. The number of thiophene rings is 1. The van der Waals surface area contributed by atoms with Gasteiger partial charge in [0.15, 0.2) is 0 Å². The zero-order chi connectivity index (χ0) is 16.1. The Morgan fingerprint density at radius 3 is 2.91 bits per heavy atom. The number of aliphatic hydroxyl groups is 1. The highest BCUT2D eigenvalue weighted by Crippen LogP contribution is 2.35. The summed E-state index contributed by atoms with van der Waals surface area (Å²) in [7, 11) is 3.15. The second-order valence-electron chi connectivity index (χ2n) is 4.94. The van der Waals surface area contributed by atoms with Gasteiger partial charge in [0, 0.05) is 41.7 Å². The lowest BCUT2D eigenvalue weighted by Crippen LogP contribution is -2.35. The SMILES string of the molecule is COCC(O)CN(C)C(=O)C=Cc1sc2ccccc2c1Cl. The number of hydrogen-bond donors (Lipinski definition) is 1. The topological polar surface area (TPSA) is 49.8 Å². The van der Waals surface area contributed by atoms with Gasteiger partial charge in [-0.15, -0.1) is 11.3 Å². The molecule has 0 aliphatic carbocycles. The minimum atomic E-state index is -0.694. The van der Waals surface area contributed by atoms with E-state index < -0.39 is 6.10 Å². The first kappa shape index (κ1) is 17.0. The lowest BCUT2D eigenvalue weighted by atomic mass is 10.2. The first-order valence-electron chi connectivity index (χ1n) is 6.80. The Morgan fingerprint density at radius 1 is 1.50 bits per heavy atom. The first-order valence-corrected chi connectivity index (χ1v) is 7.99. The van der Waals surface area contributed by atoms with Crippen molar-refractivity contribution < 1.29 is 14.6 Å². The van der Waals surface area contributed by atoms with Gasteiger partial charge < -0.3 is 14.7 Å². The van der Waals surface area contributed by atoms with E-state index in [4.69, 9.17) is 16.3 Å². The quantitative estimate of drug-likeness (QED) is 0.823. The van der Waals surface area contributed by atoms with E-state index in [0.717, 1.165) is 15.0 Å². The summed E-state index contributed by atoms with van der Waals surface area (Å²) in [6.07, 6.45) is 2.49. The fraction of sp³-hybridized carbons (Fsp3) is 0.312. The second-order valence-corrected chi connectivity index (χ2v) is 6.40. The molecule has 4 nitrogen and oxygen atoms in total. The Bertz CT molecular complexity index is 683. The van der Waals surface area contributed by atoms with Gasteiger partial charge in [-0.2, -0.15) is 0 Å². The fourth-order valence-corrected chi connectivity index (χ4v) is 3.46. The second kappa shape index (κ2) is 7.74. The van der Waals surface area contributed by atoms with Crippen molar-refractivity contribution in [2.24, 2.45) is 0 Å². The molecule has 1 aromatic carbocycles. The highest BCUT2D eigenvalue weighted by molar-refractivity contribution is 7.20. The van der Waals surface area contributed by atoms with Gasteiger partial charge in [0.05, 0.1) is 17.7 Å². The molecule has 0 aliphatic heterocycles. The molecule has 1 unspecified atom stereocenters. The maximum absolute atomic E-state index is 12.0. The van der Waals surface area contributed by atoms with Crippen LogP contribution in [-0.4, -0.2) is 49.3 Å². The third-order valence-corrected chi connectivity index (χ3v) is 4.81. The number of halogens is 1. The highest BCUT2D eigenvalue weighted by Gasteiger charge is 2.12. The van der Waals surface area contributed by atoms with Crippen molar-refractivity contribution >= 4 is 45.0 Å². The number of benzene rings is 1. The molecule has 22 heavy (non-hydrogen) atoms. The fourth-order valence-electron chi connectivity index (χ4n) is 2.07. The molecule has 1 heterocycles. The van der Waals surface area contributed by atoms with Gasteiger partial charge >= 0.3 is 0 Å². The number of carbonyl (C=O) groups excluding carboxylic acids is 1. The molecule has 6 heteroatoms. The van der Waals surface area contributed by atoms with Crippen molar-refractivity contribution in [3.63, 3.8) is 0 Å². The molecule has 1 amide bonds. The molecule has 118 valence electrons. The number of methoxy groups -OCH3 is 1. The molecule has 1 N–H and O–H groups in total. The van der Waals surface area contributed by atoms with Gasteiger partial charge in [-0.05, 0) is 12.1 Å². The van der Waals surface area contributed by atoms with Crippen LogP contribution in [-0.2, 0) is 9.53 Å². The Morgan fingerprint density at radius 2 is 2.23 bits per heavy atom. The molecule has 1 aromatic heterocycles. The summed E-state index contributed by atoms with van der Waals surface area (Å²) in [4.78, 5) is 14.3. The van der Waals surface area contributed by atoms with Crippen LogP contribution in [0.15, 0.2) is 30.3 Å². The molecular formula is C16H18ClNO3S. The Balaban J connectivity index is 2.06. The van der Waals surface area contributed by atoms with E-state index in [2.05, 4.69) is 0 Å². The average Bonchev–Trinajstić information content (AvgIpc) is 2.82. The van der Waals surface area contributed by atoms with Crippen molar-refractivity contribution in [2.75, 3.05) is 27.3 Å². The van der Waals surface area contributed by atoms with E-state index in [1.54, 1.807) is 24.5 Å².